The number of nitrogens with one attached hydrogen (secondary N) is 3. The second-order valence-corrected chi connectivity index (χ2v) is 8.76. The Labute approximate surface area is 188 Å². The Kier molecular flexibility index (Phi) is 9.78. The first kappa shape index (κ1) is 26.4. The van der Waals surface area contributed by atoms with Crippen LogP contribution in [0.25, 0.3) is 0 Å². The Hall–Kier alpha value is -1.85. The lowest BCUT2D eigenvalue weighted by atomic mass is 10.0. The molecule has 1 saturated carbocycles. The second-order valence-electron chi connectivity index (χ2n) is 7.78. The van der Waals surface area contributed by atoms with Crippen LogP contribution in [0.5, 0.6) is 0 Å². The van der Waals surface area contributed by atoms with Gasteiger partial charge in [-0.15, -0.1) is 0 Å². The highest BCUT2D eigenvalue weighted by Crippen LogP contribution is 2.33. The zero-order valence-corrected chi connectivity index (χ0v) is 18.7. The third-order valence-electron chi connectivity index (χ3n) is 5.17. The van der Waals surface area contributed by atoms with E-state index >= 15 is 0 Å². The van der Waals surface area contributed by atoms with Crippen LogP contribution in [0.3, 0.4) is 0 Å². The minimum Gasteiger partial charge on any atom is -0.381 e. The Bertz CT molecular complexity index is 760. The third kappa shape index (κ3) is 7.93. The van der Waals surface area contributed by atoms with Crippen molar-refractivity contribution in [3.8, 4) is 0 Å². The minimum absolute atomic E-state index is 0.0182. The van der Waals surface area contributed by atoms with Crippen molar-refractivity contribution in [2.45, 2.75) is 69.1 Å². The summed E-state index contributed by atoms with van der Waals surface area (Å²) in [4.78, 5) is 25.0. The topological polar surface area (TPSA) is 90.5 Å². The molecule has 1 fully saturated rings. The number of thioether (sulfide) groups is 1. The Balaban J connectivity index is 2.15. The van der Waals surface area contributed by atoms with E-state index in [2.05, 4.69) is 16.0 Å². The molecule has 1 aromatic carbocycles. The first-order chi connectivity index (χ1) is 15.1. The molecule has 4 N–H and O–H groups in total. The van der Waals surface area contributed by atoms with Crippen LogP contribution in [-0.4, -0.2) is 59.3 Å². The number of carbonyl (C=O) groups excluding carboxylic acids is 2. The monoisotopic (exact) mass is 479 g/mol. The van der Waals surface area contributed by atoms with Gasteiger partial charge in [0.1, 0.15) is 11.9 Å². The normalized spacial score (nSPS) is 17.8. The molecule has 4 atom stereocenters. The molecule has 1 unspecified atom stereocenters. The van der Waals surface area contributed by atoms with Gasteiger partial charge in [0.15, 0.2) is 6.10 Å². The highest BCUT2D eigenvalue weighted by molar-refractivity contribution is 7.98. The van der Waals surface area contributed by atoms with E-state index in [0.717, 1.165) is 37.1 Å². The lowest BCUT2D eigenvalue weighted by molar-refractivity contribution is -0.161. The van der Waals surface area contributed by atoms with Gasteiger partial charge in [-0.25, -0.2) is 4.39 Å². The number of halogens is 4. The number of aliphatic hydroxyl groups is 1. The molecule has 1 aliphatic rings. The Morgan fingerprint density at radius 3 is 2.31 bits per heavy atom. The molecule has 0 spiro atoms. The predicted molar refractivity (Wildman–Crippen MR) is 115 cm³/mol. The van der Waals surface area contributed by atoms with Crippen LogP contribution >= 0.6 is 11.8 Å². The van der Waals surface area contributed by atoms with Crippen molar-refractivity contribution in [2.24, 2.45) is 0 Å². The standard InChI is InChI=1S/C21H29F4N3O3S/c1-3-15(17(29)20(31)26-14-8-9-14)28-19(30)16(10-11-32-2)27-18(21(23,24)25)12-4-6-13(22)7-5-12/h4-7,14-18,27,29H,3,8-11H2,1-2H3,(H,26,31)(H,28,30)/t15-,16-,17?,18-/m0/s1. The van der Waals surface area contributed by atoms with Gasteiger partial charge >= 0.3 is 6.18 Å². The van der Waals surface area contributed by atoms with E-state index in [0.29, 0.717) is 5.75 Å². The van der Waals surface area contributed by atoms with Crippen molar-refractivity contribution in [1.29, 1.82) is 0 Å². The van der Waals surface area contributed by atoms with E-state index in [1.807, 2.05) is 0 Å². The number of alkyl halides is 3. The summed E-state index contributed by atoms with van der Waals surface area (Å²) in [5, 5.41) is 17.8. The quantitative estimate of drug-likeness (QED) is 0.346. The third-order valence-corrected chi connectivity index (χ3v) is 5.81. The SMILES string of the molecule is CC[C@H](NC(=O)[C@H](CCSC)N[C@@H](c1ccc(F)cc1)C(F)(F)F)C(O)C(=O)NC1CC1. The van der Waals surface area contributed by atoms with Crippen LogP contribution in [0.1, 0.15) is 44.2 Å². The lowest BCUT2D eigenvalue weighted by Gasteiger charge is -2.29. The first-order valence-corrected chi connectivity index (χ1v) is 11.8. The summed E-state index contributed by atoms with van der Waals surface area (Å²) >= 11 is 1.36. The molecule has 0 bridgehead atoms. The molecule has 180 valence electrons. The number of hydrogen-bond donors (Lipinski definition) is 4. The number of rotatable bonds is 12. The number of benzene rings is 1. The number of aliphatic hydroxyl groups excluding tert-OH is 1. The molecule has 1 aromatic rings. The van der Waals surface area contributed by atoms with Gasteiger partial charge in [-0.05, 0) is 55.4 Å². The van der Waals surface area contributed by atoms with Gasteiger partial charge in [-0.3, -0.25) is 14.9 Å². The zero-order valence-electron chi connectivity index (χ0n) is 17.9. The molecule has 2 amide bonds. The number of hydrogen-bond acceptors (Lipinski definition) is 5. The van der Waals surface area contributed by atoms with Crippen molar-refractivity contribution < 1.29 is 32.3 Å². The Morgan fingerprint density at radius 1 is 1.19 bits per heavy atom. The van der Waals surface area contributed by atoms with Crippen LogP contribution < -0.4 is 16.0 Å². The maximum absolute atomic E-state index is 13.8. The summed E-state index contributed by atoms with van der Waals surface area (Å²) in [6.45, 7) is 1.65. The highest BCUT2D eigenvalue weighted by atomic mass is 32.2. The molecule has 0 aromatic heterocycles. The molecule has 0 saturated heterocycles. The van der Waals surface area contributed by atoms with Gasteiger partial charge < -0.3 is 15.7 Å². The van der Waals surface area contributed by atoms with Gasteiger partial charge in [-0.2, -0.15) is 24.9 Å². The average Bonchev–Trinajstić information content (AvgIpc) is 3.55. The van der Waals surface area contributed by atoms with Gasteiger partial charge in [-0.1, -0.05) is 19.1 Å². The fraction of sp³-hybridized carbons (Fsp3) is 0.619. The lowest BCUT2D eigenvalue weighted by Crippen LogP contribution is -2.56. The predicted octanol–water partition coefficient (Wildman–Crippen LogP) is 2.67. The van der Waals surface area contributed by atoms with Gasteiger partial charge in [0, 0.05) is 6.04 Å². The van der Waals surface area contributed by atoms with E-state index < -0.39 is 48.0 Å². The maximum Gasteiger partial charge on any atom is 0.407 e. The number of carbonyl (C=O) groups is 2. The summed E-state index contributed by atoms with van der Waals surface area (Å²) in [6.07, 6.45) is -2.54. The molecule has 32 heavy (non-hydrogen) atoms. The van der Waals surface area contributed by atoms with Crippen molar-refractivity contribution in [2.75, 3.05) is 12.0 Å². The fourth-order valence-corrected chi connectivity index (χ4v) is 3.62. The van der Waals surface area contributed by atoms with Crippen molar-refractivity contribution in [3.63, 3.8) is 0 Å². The summed E-state index contributed by atoms with van der Waals surface area (Å²) < 4.78 is 54.5. The summed E-state index contributed by atoms with van der Waals surface area (Å²) in [5.74, 6) is -1.63. The maximum atomic E-state index is 13.8. The zero-order chi connectivity index (χ0) is 23.9. The second kappa shape index (κ2) is 11.9. The molecular formula is C21H29F4N3O3S. The molecule has 6 nitrogen and oxygen atoms in total. The van der Waals surface area contributed by atoms with E-state index in [1.165, 1.54) is 11.8 Å². The van der Waals surface area contributed by atoms with Crippen LogP contribution in [0.15, 0.2) is 24.3 Å². The van der Waals surface area contributed by atoms with Crippen molar-refractivity contribution >= 4 is 23.6 Å². The highest BCUT2D eigenvalue weighted by Gasteiger charge is 2.43. The summed E-state index contributed by atoms with van der Waals surface area (Å²) in [7, 11) is 0. The van der Waals surface area contributed by atoms with Crippen LogP contribution in [0.4, 0.5) is 17.6 Å². The molecule has 0 aliphatic heterocycles. The average molecular weight is 480 g/mol. The van der Waals surface area contributed by atoms with Crippen molar-refractivity contribution in [3.05, 3.63) is 35.6 Å². The van der Waals surface area contributed by atoms with Gasteiger partial charge in [0.05, 0.1) is 12.1 Å². The molecule has 1 aliphatic carbocycles. The van der Waals surface area contributed by atoms with Crippen LogP contribution in [0, 0.1) is 5.82 Å². The molecule has 0 heterocycles. The summed E-state index contributed by atoms with van der Waals surface area (Å²) in [5.41, 5.74) is -0.225. The molecule has 2 rings (SSSR count). The molecular weight excluding hydrogens is 450 g/mol. The first-order valence-electron chi connectivity index (χ1n) is 10.4. The molecule has 0 radical (unpaired) electrons. The smallest absolute Gasteiger partial charge is 0.381 e. The van der Waals surface area contributed by atoms with Gasteiger partial charge in [0.25, 0.3) is 5.91 Å². The molecule has 11 heteroatoms. The van der Waals surface area contributed by atoms with Gasteiger partial charge in [0.2, 0.25) is 5.91 Å². The largest absolute Gasteiger partial charge is 0.407 e. The fourth-order valence-electron chi connectivity index (χ4n) is 3.15. The van der Waals surface area contributed by atoms with E-state index in [4.69, 9.17) is 0 Å². The van der Waals surface area contributed by atoms with E-state index in [-0.39, 0.29) is 24.4 Å². The number of amides is 2. The van der Waals surface area contributed by atoms with Crippen LogP contribution in [0.2, 0.25) is 0 Å². The van der Waals surface area contributed by atoms with E-state index in [1.54, 1.807) is 13.2 Å². The van der Waals surface area contributed by atoms with Crippen LogP contribution in [-0.2, 0) is 9.59 Å². The van der Waals surface area contributed by atoms with E-state index in [9.17, 15) is 32.3 Å². The Morgan fingerprint density at radius 2 is 1.81 bits per heavy atom. The minimum atomic E-state index is -4.73. The summed E-state index contributed by atoms with van der Waals surface area (Å²) in [6, 6.07) is -0.477. The van der Waals surface area contributed by atoms with Crippen molar-refractivity contribution in [1.82, 2.24) is 16.0 Å².